The first-order chi connectivity index (χ1) is 35.7. The van der Waals surface area contributed by atoms with Gasteiger partial charge in [-0.1, -0.05) is 114 Å². The van der Waals surface area contributed by atoms with Crippen LogP contribution < -0.4 is 21.1 Å². The smallest absolute Gasteiger partial charge is 0.254 e. The minimum absolute atomic E-state index is 0.0135. The summed E-state index contributed by atoms with van der Waals surface area (Å²) in [6.07, 6.45) is 17.8. The number of fused-ring (bicyclic) bond motifs is 15. The van der Waals surface area contributed by atoms with Crippen molar-refractivity contribution in [3.8, 4) is 28.6 Å². The molecule has 17 rings (SSSR count). The number of benzene rings is 7. The molecule has 0 radical (unpaired) electrons. The van der Waals surface area contributed by atoms with Crippen LogP contribution in [0.25, 0.3) is 55.3 Å². The first kappa shape index (κ1) is 40.7. The fourth-order valence-electron chi connectivity index (χ4n) is 15.5. The van der Waals surface area contributed by atoms with Crippen LogP contribution in [-0.4, -0.2) is 20.4 Å². The third kappa shape index (κ3) is 5.57. The molecule has 10 aromatic rings. The lowest BCUT2D eigenvalue weighted by Crippen LogP contribution is -2.58. The molecule has 1 unspecified atom stereocenters. The molecule has 0 spiro atoms. The fourth-order valence-corrected chi connectivity index (χ4v) is 16.8. The Labute approximate surface area is 425 Å². The number of allylic oxidation sites excluding steroid dienone is 2. The molecule has 0 fully saturated rings. The predicted octanol–water partition coefficient (Wildman–Crippen LogP) is 14.3. The van der Waals surface area contributed by atoms with Crippen LogP contribution in [0.15, 0.2) is 155 Å². The molecule has 6 heteroatoms. The van der Waals surface area contributed by atoms with Gasteiger partial charge in [-0.25, -0.2) is 0 Å². The summed E-state index contributed by atoms with van der Waals surface area (Å²) >= 11 is 1.99. The van der Waals surface area contributed by atoms with E-state index in [0.29, 0.717) is 0 Å². The highest BCUT2D eigenvalue weighted by Gasteiger charge is 2.44. The van der Waals surface area contributed by atoms with Gasteiger partial charge in [-0.2, -0.15) is 0 Å². The van der Waals surface area contributed by atoms with Crippen LogP contribution in [0, 0.1) is 0 Å². The number of aryl methyl sites for hydroxylation is 3. The highest BCUT2D eigenvalue weighted by molar-refractivity contribution is 8.00. The van der Waals surface area contributed by atoms with Gasteiger partial charge in [0, 0.05) is 60.3 Å². The van der Waals surface area contributed by atoms with Gasteiger partial charge in [0.15, 0.2) is 0 Å². The molecule has 7 aliphatic rings. The molecular weight excluding hydrogens is 894 g/mol. The molecule has 0 saturated heterocycles. The van der Waals surface area contributed by atoms with E-state index in [4.69, 9.17) is 4.74 Å². The SMILES string of the molecule is c1ccc2c(c1)C1=C(CCCCC1)C2c1cc2c3c(c1)Sc1cc(-n4c5c(c6ccccc64)CCCC5)ccc1B3c1cc(-n3c4c(c5ccccc53)CCC4)cc(-n3c4c(c5ccccc53)CCC4)c1O2. The highest BCUT2D eigenvalue weighted by atomic mass is 32.2. The van der Waals surface area contributed by atoms with Gasteiger partial charge in [-0.05, 0) is 194 Å². The Morgan fingerprint density at radius 3 is 1.85 bits per heavy atom. The number of nitrogens with zero attached hydrogens (tertiary/aromatic N) is 3. The lowest BCUT2D eigenvalue weighted by atomic mass is 9.35. The molecule has 0 amide bonds. The van der Waals surface area contributed by atoms with E-state index in [9.17, 15) is 0 Å². The summed E-state index contributed by atoms with van der Waals surface area (Å²) in [5.41, 5.74) is 28.2. The van der Waals surface area contributed by atoms with Gasteiger partial charge in [0.05, 0.1) is 22.2 Å². The first-order valence-corrected chi connectivity index (χ1v) is 28.1. The van der Waals surface area contributed by atoms with Gasteiger partial charge < -0.3 is 18.4 Å². The van der Waals surface area contributed by atoms with Crippen LogP contribution in [-0.2, 0) is 38.5 Å². The molecule has 2 aliphatic heterocycles. The van der Waals surface area contributed by atoms with Gasteiger partial charge >= 0.3 is 0 Å². The topological polar surface area (TPSA) is 24.0 Å². The standard InChI is InChI=1S/C66H54BN3OS/c1-2-16-42-43-17-4-5-23-51(43)64(50(42)22-3-1)39-34-61-65-63(35-39)72-62-38-40(68-54-26-10-6-18-44(54)45-19-7-11-27-55(45)68)32-33-52(62)67(65)53-36-41(69-56-28-12-8-20-46(56)48-24-14-30-57(48)69)37-60(66(53)71-61)70-58-29-13-9-21-47(58)49-25-15-31-59(49)70/h4-6,8-10,12-13,17-18,20-21,23,26,28-29,32-38,64H,1-3,7,11,14-16,19,22,24-25,27,30-31H2. The van der Waals surface area contributed by atoms with E-state index >= 15 is 0 Å². The normalized spacial score (nSPS) is 18.1. The molecule has 348 valence electrons. The van der Waals surface area contributed by atoms with Crippen molar-refractivity contribution in [1.82, 2.24) is 13.7 Å². The third-order valence-electron chi connectivity index (χ3n) is 18.4. The summed E-state index contributed by atoms with van der Waals surface area (Å²) in [5, 5.41) is 4.21. The first-order valence-electron chi connectivity index (χ1n) is 27.2. The Hall–Kier alpha value is -6.89. The van der Waals surface area contributed by atoms with E-state index in [-0.39, 0.29) is 12.6 Å². The number of aromatic nitrogens is 3. The zero-order valence-corrected chi connectivity index (χ0v) is 41.5. The number of hydrogen-bond acceptors (Lipinski definition) is 2. The molecule has 0 N–H and O–H groups in total. The van der Waals surface area contributed by atoms with Gasteiger partial charge in [0.1, 0.15) is 11.5 Å². The molecule has 4 nitrogen and oxygen atoms in total. The molecule has 72 heavy (non-hydrogen) atoms. The van der Waals surface area contributed by atoms with Crippen LogP contribution in [0.3, 0.4) is 0 Å². The number of hydrogen-bond donors (Lipinski definition) is 0. The average Bonchev–Trinajstić information content (AvgIpc) is 4.27. The van der Waals surface area contributed by atoms with Crippen molar-refractivity contribution in [2.24, 2.45) is 0 Å². The van der Waals surface area contributed by atoms with Crippen molar-refractivity contribution in [2.75, 3.05) is 0 Å². The van der Waals surface area contributed by atoms with Crippen molar-refractivity contribution in [1.29, 1.82) is 0 Å². The Bertz CT molecular complexity index is 4070. The van der Waals surface area contributed by atoms with Crippen molar-refractivity contribution in [3.63, 3.8) is 0 Å². The summed E-state index contributed by atoms with van der Waals surface area (Å²) < 4.78 is 15.7. The van der Waals surface area contributed by atoms with Gasteiger partial charge in [0.25, 0.3) is 6.71 Å². The van der Waals surface area contributed by atoms with E-state index in [1.54, 1.807) is 16.7 Å². The van der Waals surface area contributed by atoms with E-state index in [1.165, 1.54) is 179 Å². The van der Waals surface area contributed by atoms with Crippen molar-refractivity contribution >= 4 is 73.1 Å². The predicted molar refractivity (Wildman–Crippen MR) is 298 cm³/mol. The van der Waals surface area contributed by atoms with Crippen LogP contribution in [0.4, 0.5) is 0 Å². The van der Waals surface area contributed by atoms with Gasteiger partial charge in [-0.3, -0.25) is 0 Å². The summed E-state index contributed by atoms with van der Waals surface area (Å²) in [5.74, 6) is 2.27. The number of ether oxygens (including phenoxy) is 1. The Kier molecular flexibility index (Phi) is 8.66. The van der Waals surface area contributed by atoms with Crippen molar-refractivity contribution in [3.05, 3.63) is 196 Å². The Balaban J connectivity index is 0.952. The second-order valence-electron chi connectivity index (χ2n) is 22.0. The lowest BCUT2D eigenvalue weighted by molar-refractivity contribution is 0.482. The summed E-state index contributed by atoms with van der Waals surface area (Å²) in [7, 11) is 0. The number of para-hydroxylation sites is 3. The summed E-state index contributed by atoms with van der Waals surface area (Å²) in [6.45, 7) is -0.0135. The zero-order valence-electron chi connectivity index (χ0n) is 40.7. The average molecular weight is 948 g/mol. The Morgan fingerprint density at radius 1 is 0.472 bits per heavy atom. The maximum Gasteiger partial charge on any atom is 0.254 e. The highest BCUT2D eigenvalue weighted by Crippen LogP contribution is 2.53. The van der Waals surface area contributed by atoms with E-state index in [1.807, 2.05) is 11.8 Å². The summed E-state index contributed by atoms with van der Waals surface area (Å²) in [6, 6.07) is 54.6. The third-order valence-corrected chi connectivity index (χ3v) is 19.5. The van der Waals surface area contributed by atoms with Crippen LogP contribution >= 0.6 is 11.8 Å². The van der Waals surface area contributed by atoms with E-state index in [0.717, 1.165) is 50.0 Å². The van der Waals surface area contributed by atoms with Gasteiger partial charge in [-0.15, -0.1) is 0 Å². The second kappa shape index (κ2) is 15.3. The van der Waals surface area contributed by atoms with E-state index < -0.39 is 0 Å². The minimum atomic E-state index is -0.0135. The molecule has 0 bridgehead atoms. The Morgan fingerprint density at radius 2 is 1.08 bits per heavy atom. The summed E-state index contributed by atoms with van der Waals surface area (Å²) in [4.78, 5) is 2.70. The van der Waals surface area contributed by atoms with Crippen molar-refractivity contribution < 1.29 is 4.74 Å². The second-order valence-corrected chi connectivity index (χ2v) is 23.1. The fraction of sp³-hybridized carbons (Fsp3) is 0.242. The lowest BCUT2D eigenvalue weighted by Gasteiger charge is -2.36. The maximum atomic E-state index is 7.83. The van der Waals surface area contributed by atoms with Crippen LogP contribution in [0.1, 0.15) is 114 Å². The van der Waals surface area contributed by atoms with Crippen LogP contribution in [0.5, 0.6) is 11.5 Å². The molecular formula is C66H54BN3OS. The largest absolute Gasteiger partial charge is 0.456 e. The monoisotopic (exact) mass is 947 g/mol. The molecule has 5 heterocycles. The molecule has 5 aliphatic carbocycles. The molecule has 1 atom stereocenters. The van der Waals surface area contributed by atoms with Crippen LogP contribution in [0.2, 0.25) is 0 Å². The molecule has 0 saturated carbocycles. The molecule has 7 aromatic carbocycles. The molecule has 3 aromatic heterocycles. The quantitative estimate of drug-likeness (QED) is 0.164. The van der Waals surface area contributed by atoms with Gasteiger partial charge in [0.2, 0.25) is 0 Å². The van der Waals surface area contributed by atoms with Crippen molar-refractivity contribution in [2.45, 2.75) is 112 Å². The van der Waals surface area contributed by atoms with E-state index in [2.05, 4.69) is 153 Å². The minimum Gasteiger partial charge on any atom is -0.456 e. The number of rotatable bonds is 4. The maximum absolute atomic E-state index is 7.83. The zero-order chi connectivity index (χ0) is 46.8.